The number of rotatable bonds is 11. The highest BCUT2D eigenvalue weighted by atomic mass is 32.2. The monoisotopic (exact) mass is 403 g/mol. The summed E-state index contributed by atoms with van der Waals surface area (Å²) < 4.78 is 5.11. The molecule has 9 heteroatoms. The van der Waals surface area contributed by atoms with E-state index in [0.717, 1.165) is 0 Å². The molecule has 4 N–H and O–H groups in total. The van der Waals surface area contributed by atoms with Gasteiger partial charge in [0, 0.05) is 24.1 Å². The van der Waals surface area contributed by atoms with Crippen molar-refractivity contribution >= 4 is 29.6 Å². The molecule has 8 nitrogen and oxygen atoms in total. The topological polar surface area (TPSA) is 122 Å². The summed E-state index contributed by atoms with van der Waals surface area (Å²) in [4.78, 5) is 37.6. The zero-order valence-electron chi connectivity index (χ0n) is 16.6. The minimum atomic E-state index is -0.992. The third-order valence-corrected chi connectivity index (χ3v) is 5.85. The number of carboxylic acid groups (broad SMARTS) is 1. The highest BCUT2D eigenvalue weighted by Gasteiger charge is 2.37. The van der Waals surface area contributed by atoms with Crippen LogP contribution in [0.15, 0.2) is 0 Å². The highest BCUT2D eigenvalue weighted by molar-refractivity contribution is 7.99. The zero-order valence-corrected chi connectivity index (χ0v) is 17.5. The third kappa shape index (κ3) is 7.31. The molecular formula is C18H33N3O5S. The summed E-state index contributed by atoms with van der Waals surface area (Å²) in [5.74, 6) is -0.246. The molecule has 1 rings (SSSR count). The summed E-state index contributed by atoms with van der Waals surface area (Å²) in [6.45, 7) is 8.14. The van der Waals surface area contributed by atoms with E-state index < -0.39 is 30.1 Å². The minimum absolute atomic E-state index is 0.0258. The van der Waals surface area contributed by atoms with E-state index in [1.165, 1.54) is 16.7 Å². The number of nitrogens with zero attached hydrogens (tertiary/aromatic N) is 1. The number of esters is 1. The van der Waals surface area contributed by atoms with Gasteiger partial charge >= 0.3 is 11.9 Å². The van der Waals surface area contributed by atoms with E-state index in [1.807, 2.05) is 13.8 Å². The number of carboxylic acids is 1. The van der Waals surface area contributed by atoms with E-state index in [0.29, 0.717) is 36.8 Å². The average molecular weight is 404 g/mol. The fourth-order valence-electron chi connectivity index (χ4n) is 2.85. The molecule has 1 aliphatic heterocycles. The number of nitrogens with two attached hydrogens (primary N) is 1. The molecular weight excluding hydrogens is 370 g/mol. The van der Waals surface area contributed by atoms with Crippen molar-refractivity contribution in [2.45, 2.75) is 64.7 Å². The second-order valence-electron chi connectivity index (χ2n) is 7.17. The first-order chi connectivity index (χ1) is 12.7. The van der Waals surface area contributed by atoms with Gasteiger partial charge in [-0.25, -0.2) is 4.79 Å². The Kier molecular flexibility index (Phi) is 10.1. The van der Waals surface area contributed by atoms with Crippen LogP contribution >= 0.6 is 11.8 Å². The first kappa shape index (κ1) is 23.7. The van der Waals surface area contributed by atoms with Crippen molar-refractivity contribution in [2.24, 2.45) is 11.7 Å². The summed E-state index contributed by atoms with van der Waals surface area (Å²) in [5, 5.41) is 12.3. The summed E-state index contributed by atoms with van der Waals surface area (Å²) >= 11 is 1.54. The number of amides is 1. The first-order valence-electron chi connectivity index (χ1n) is 9.48. The molecule has 0 aromatic heterocycles. The van der Waals surface area contributed by atoms with Crippen LogP contribution in [0.25, 0.3) is 0 Å². The lowest BCUT2D eigenvalue weighted by Crippen LogP contribution is -2.54. The Morgan fingerprint density at radius 2 is 1.96 bits per heavy atom. The van der Waals surface area contributed by atoms with Gasteiger partial charge in [-0.1, -0.05) is 13.8 Å². The van der Waals surface area contributed by atoms with Crippen molar-refractivity contribution in [1.29, 1.82) is 0 Å². The summed E-state index contributed by atoms with van der Waals surface area (Å²) in [5.41, 5.74) is 6.04. The summed E-state index contributed by atoms with van der Waals surface area (Å²) in [7, 11) is 0. The van der Waals surface area contributed by atoms with Crippen LogP contribution in [-0.2, 0) is 19.1 Å². The maximum atomic E-state index is 12.7. The molecule has 0 bridgehead atoms. The van der Waals surface area contributed by atoms with E-state index in [-0.39, 0.29) is 18.6 Å². The predicted molar refractivity (Wildman–Crippen MR) is 106 cm³/mol. The number of likely N-dealkylation sites (tertiary alicyclic amines) is 1. The van der Waals surface area contributed by atoms with Crippen LogP contribution in [0.5, 0.6) is 0 Å². The van der Waals surface area contributed by atoms with Crippen molar-refractivity contribution < 1.29 is 24.2 Å². The van der Waals surface area contributed by atoms with Gasteiger partial charge < -0.3 is 20.5 Å². The van der Waals surface area contributed by atoms with E-state index in [1.54, 1.807) is 13.8 Å². The summed E-state index contributed by atoms with van der Waals surface area (Å²) in [6.07, 6.45) is 1.12. The molecule has 0 aromatic carbocycles. The lowest BCUT2D eigenvalue weighted by atomic mass is 10.1. The molecule has 27 heavy (non-hydrogen) atoms. The number of carbonyl (C=O) groups excluding carboxylic acids is 2. The number of thioether (sulfide) groups is 1. The molecule has 0 unspecified atom stereocenters. The van der Waals surface area contributed by atoms with Crippen LogP contribution in [0, 0.1) is 5.92 Å². The van der Waals surface area contributed by atoms with Crippen LogP contribution in [0.3, 0.4) is 0 Å². The number of ether oxygens (including phenoxy) is 1. The molecule has 0 spiro atoms. The lowest BCUT2D eigenvalue weighted by Gasteiger charge is -2.28. The van der Waals surface area contributed by atoms with Gasteiger partial charge in [0.15, 0.2) is 0 Å². The van der Waals surface area contributed by atoms with Gasteiger partial charge in [0.2, 0.25) is 5.91 Å². The van der Waals surface area contributed by atoms with E-state index >= 15 is 0 Å². The Hall–Kier alpha value is -1.32. The molecule has 4 atom stereocenters. The van der Waals surface area contributed by atoms with Crippen LogP contribution in [0.1, 0.15) is 40.5 Å². The van der Waals surface area contributed by atoms with Crippen LogP contribution in [-0.4, -0.2) is 76.7 Å². The quantitative estimate of drug-likeness (QED) is 0.431. The summed E-state index contributed by atoms with van der Waals surface area (Å²) in [6, 6.07) is -2.10. The number of hydrogen-bond acceptors (Lipinski definition) is 7. The average Bonchev–Trinajstić information content (AvgIpc) is 3.09. The van der Waals surface area contributed by atoms with Gasteiger partial charge in [0.25, 0.3) is 0 Å². The molecule has 1 amide bonds. The fraction of sp³-hybridized carbons (Fsp3) is 0.833. The van der Waals surface area contributed by atoms with E-state index in [4.69, 9.17) is 10.5 Å². The largest absolute Gasteiger partial charge is 0.480 e. The number of hydrogen-bond donors (Lipinski definition) is 3. The van der Waals surface area contributed by atoms with Crippen molar-refractivity contribution in [2.75, 3.05) is 24.7 Å². The third-order valence-electron chi connectivity index (χ3n) is 4.66. The Morgan fingerprint density at radius 1 is 1.30 bits per heavy atom. The molecule has 0 saturated carbocycles. The second-order valence-corrected chi connectivity index (χ2v) is 8.24. The van der Waals surface area contributed by atoms with Gasteiger partial charge in [0.1, 0.15) is 12.1 Å². The van der Waals surface area contributed by atoms with Gasteiger partial charge in [0.05, 0.1) is 12.6 Å². The SMILES string of the molecule is CCOC(=O)[C@H](CSC[C@@H](N)C(C)C)N[C@@H](C)C(=O)N1CCC[C@H]1C(=O)O. The standard InChI is InChI=1S/C18H33N3O5S/c1-5-26-18(25)14(10-27-9-13(19)11(2)3)20-12(4)16(22)21-8-6-7-15(21)17(23)24/h11-15,20H,5-10,19H2,1-4H3,(H,23,24)/t12-,13+,14-,15-/m0/s1. The molecule has 1 saturated heterocycles. The smallest absolute Gasteiger partial charge is 0.326 e. The predicted octanol–water partition coefficient (Wildman–Crippen LogP) is 0.688. The first-order valence-corrected chi connectivity index (χ1v) is 10.6. The highest BCUT2D eigenvalue weighted by Crippen LogP contribution is 2.19. The molecule has 0 aromatic rings. The molecule has 1 fully saturated rings. The van der Waals surface area contributed by atoms with Gasteiger partial charge in [-0.15, -0.1) is 0 Å². The Balaban J connectivity index is 2.68. The molecule has 0 aliphatic carbocycles. The van der Waals surface area contributed by atoms with Crippen LogP contribution in [0.4, 0.5) is 0 Å². The maximum absolute atomic E-state index is 12.7. The van der Waals surface area contributed by atoms with Crippen molar-refractivity contribution in [3.8, 4) is 0 Å². The van der Waals surface area contributed by atoms with Crippen LogP contribution in [0.2, 0.25) is 0 Å². The van der Waals surface area contributed by atoms with Crippen molar-refractivity contribution in [3.63, 3.8) is 0 Å². The maximum Gasteiger partial charge on any atom is 0.326 e. The zero-order chi connectivity index (χ0) is 20.6. The second kappa shape index (κ2) is 11.5. The van der Waals surface area contributed by atoms with E-state index in [9.17, 15) is 19.5 Å². The molecule has 0 radical (unpaired) electrons. The van der Waals surface area contributed by atoms with Gasteiger partial charge in [-0.05, 0) is 32.6 Å². The molecule has 1 aliphatic rings. The van der Waals surface area contributed by atoms with Crippen molar-refractivity contribution in [3.05, 3.63) is 0 Å². The van der Waals surface area contributed by atoms with Crippen molar-refractivity contribution in [1.82, 2.24) is 10.2 Å². The van der Waals surface area contributed by atoms with Gasteiger partial charge in [-0.2, -0.15) is 11.8 Å². The number of aliphatic carboxylic acids is 1. The van der Waals surface area contributed by atoms with E-state index in [2.05, 4.69) is 5.32 Å². The Labute approximate surface area is 165 Å². The fourth-order valence-corrected chi connectivity index (χ4v) is 4.11. The lowest BCUT2D eigenvalue weighted by molar-refractivity contribution is -0.150. The van der Waals surface area contributed by atoms with Crippen LogP contribution < -0.4 is 11.1 Å². The Morgan fingerprint density at radius 3 is 2.52 bits per heavy atom. The van der Waals surface area contributed by atoms with Gasteiger partial charge in [-0.3, -0.25) is 14.9 Å². The molecule has 1 heterocycles. The number of carbonyl (C=O) groups is 3. The number of nitrogens with one attached hydrogen (secondary N) is 1. The minimum Gasteiger partial charge on any atom is -0.480 e. The Bertz CT molecular complexity index is 517. The molecule has 156 valence electrons. The normalized spacial score (nSPS) is 20.4.